The van der Waals surface area contributed by atoms with Crippen molar-refractivity contribution < 1.29 is 4.79 Å². The standard InChI is InChI=1S/C21H24N2O/c1-22-12-13-23(16-20(22)24)15-19-14-21(19,17-8-4-2-5-9-17)18-10-6-3-7-11-18/h2-11,19H,12-16H2,1H3/t19-/m0/s1. The zero-order valence-electron chi connectivity index (χ0n) is 14.2. The second-order valence-corrected chi connectivity index (χ2v) is 7.15. The van der Waals surface area contributed by atoms with Crippen molar-refractivity contribution in [2.24, 2.45) is 5.92 Å². The van der Waals surface area contributed by atoms with Gasteiger partial charge in [-0.1, -0.05) is 60.7 Å². The van der Waals surface area contributed by atoms with Crippen molar-refractivity contribution in [3.63, 3.8) is 0 Å². The maximum Gasteiger partial charge on any atom is 0.236 e. The minimum Gasteiger partial charge on any atom is -0.343 e. The van der Waals surface area contributed by atoms with Gasteiger partial charge in [-0.25, -0.2) is 0 Å². The van der Waals surface area contributed by atoms with Crippen LogP contribution in [0.1, 0.15) is 17.5 Å². The van der Waals surface area contributed by atoms with Gasteiger partial charge in [0.2, 0.25) is 5.91 Å². The summed E-state index contributed by atoms with van der Waals surface area (Å²) in [5, 5.41) is 0. The molecule has 0 radical (unpaired) electrons. The van der Waals surface area contributed by atoms with Gasteiger partial charge >= 0.3 is 0 Å². The lowest BCUT2D eigenvalue weighted by Gasteiger charge is -2.32. The van der Waals surface area contributed by atoms with Gasteiger partial charge in [0.15, 0.2) is 0 Å². The highest BCUT2D eigenvalue weighted by atomic mass is 16.2. The van der Waals surface area contributed by atoms with E-state index in [9.17, 15) is 4.79 Å². The Morgan fingerprint density at radius 2 is 1.54 bits per heavy atom. The number of rotatable bonds is 4. The second kappa shape index (κ2) is 6.06. The Kier molecular flexibility index (Phi) is 3.89. The highest BCUT2D eigenvalue weighted by molar-refractivity contribution is 5.78. The van der Waals surface area contributed by atoms with E-state index in [2.05, 4.69) is 65.6 Å². The van der Waals surface area contributed by atoms with Gasteiger partial charge in [-0.2, -0.15) is 0 Å². The van der Waals surface area contributed by atoms with E-state index in [-0.39, 0.29) is 11.3 Å². The monoisotopic (exact) mass is 320 g/mol. The van der Waals surface area contributed by atoms with Crippen LogP contribution in [-0.4, -0.2) is 48.9 Å². The summed E-state index contributed by atoms with van der Waals surface area (Å²) in [7, 11) is 1.90. The molecular weight excluding hydrogens is 296 g/mol. The molecule has 1 aliphatic carbocycles. The third-order valence-electron chi connectivity index (χ3n) is 5.70. The number of benzene rings is 2. The van der Waals surface area contributed by atoms with Crippen LogP contribution >= 0.6 is 0 Å². The molecule has 0 unspecified atom stereocenters. The van der Waals surface area contributed by atoms with E-state index in [1.165, 1.54) is 17.5 Å². The lowest BCUT2D eigenvalue weighted by molar-refractivity contribution is -0.134. The van der Waals surface area contributed by atoms with Gasteiger partial charge in [0.05, 0.1) is 6.54 Å². The van der Waals surface area contributed by atoms with Crippen molar-refractivity contribution in [1.82, 2.24) is 9.80 Å². The second-order valence-electron chi connectivity index (χ2n) is 7.15. The van der Waals surface area contributed by atoms with Crippen molar-refractivity contribution in [2.75, 3.05) is 33.2 Å². The molecule has 2 aliphatic rings. The van der Waals surface area contributed by atoms with Crippen LogP contribution in [0.4, 0.5) is 0 Å². The maximum absolute atomic E-state index is 12.0. The number of carbonyl (C=O) groups is 1. The number of hydrogen-bond donors (Lipinski definition) is 0. The minimum atomic E-state index is 0.120. The van der Waals surface area contributed by atoms with Crippen LogP contribution in [-0.2, 0) is 10.2 Å². The molecule has 4 rings (SSSR count). The highest BCUT2D eigenvalue weighted by Gasteiger charge is 2.56. The Bertz CT molecular complexity index is 674. The SMILES string of the molecule is CN1CCN(C[C@@H]2CC2(c2ccccc2)c2ccccc2)CC1=O. The molecule has 1 heterocycles. The molecule has 0 spiro atoms. The lowest BCUT2D eigenvalue weighted by atomic mass is 9.85. The summed E-state index contributed by atoms with van der Waals surface area (Å²) in [4.78, 5) is 16.2. The fourth-order valence-electron chi connectivity index (χ4n) is 4.17. The smallest absolute Gasteiger partial charge is 0.236 e. The van der Waals surface area contributed by atoms with E-state index >= 15 is 0 Å². The molecule has 1 amide bonds. The fourth-order valence-corrected chi connectivity index (χ4v) is 4.17. The van der Waals surface area contributed by atoms with E-state index in [4.69, 9.17) is 0 Å². The fraction of sp³-hybridized carbons (Fsp3) is 0.381. The van der Waals surface area contributed by atoms with Gasteiger partial charge in [-0.15, -0.1) is 0 Å². The van der Waals surface area contributed by atoms with Crippen molar-refractivity contribution in [1.29, 1.82) is 0 Å². The summed E-state index contributed by atoms with van der Waals surface area (Å²) >= 11 is 0. The molecule has 124 valence electrons. The Balaban J connectivity index is 1.58. The van der Waals surface area contributed by atoms with Crippen LogP contribution in [0, 0.1) is 5.92 Å². The van der Waals surface area contributed by atoms with Gasteiger partial charge in [-0.05, 0) is 23.5 Å². The van der Waals surface area contributed by atoms with Crippen LogP contribution in [0.15, 0.2) is 60.7 Å². The van der Waals surface area contributed by atoms with E-state index in [1.54, 1.807) is 0 Å². The molecule has 2 aromatic rings. The van der Waals surface area contributed by atoms with Gasteiger partial charge in [0.1, 0.15) is 0 Å². The summed E-state index contributed by atoms with van der Waals surface area (Å²) in [6, 6.07) is 21.7. The number of nitrogens with zero attached hydrogens (tertiary/aromatic N) is 2. The molecule has 1 aliphatic heterocycles. The van der Waals surface area contributed by atoms with Crippen molar-refractivity contribution in [3.05, 3.63) is 71.8 Å². The molecular formula is C21H24N2O. The first kappa shape index (κ1) is 15.4. The summed E-state index contributed by atoms with van der Waals surface area (Å²) < 4.78 is 0. The Morgan fingerprint density at radius 1 is 0.958 bits per heavy atom. The number of amides is 1. The third-order valence-corrected chi connectivity index (χ3v) is 5.70. The topological polar surface area (TPSA) is 23.6 Å². The van der Waals surface area contributed by atoms with E-state index in [0.29, 0.717) is 12.5 Å². The molecule has 2 aromatic carbocycles. The van der Waals surface area contributed by atoms with E-state index in [0.717, 1.165) is 19.6 Å². The van der Waals surface area contributed by atoms with Gasteiger partial charge < -0.3 is 4.90 Å². The Labute approximate surface area is 143 Å². The first-order chi connectivity index (χ1) is 11.7. The zero-order valence-corrected chi connectivity index (χ0v) is 14.2. The number of carbonyl (C=O) groups excluding carboxylic acids is 1. The predicted molar refractivity (Wildman–Crippen MR) is 95.8 cm³/mol. The number of piperazine rings is 1. The van der Waals surface area contributed by atoms with Crippen molar-refractivity contribution in [3.8, 4) is 0 Å². The van der Waals surface area contributed by atoms with Crippen LogP contribution < -0.4 is 0 Å². The van der Waals surface area contributed by atoms with Crippen LogP contribution in [0.25, 0.3) is 0 Å². The average molecular weight is 320 g/mol. The summed E-state index contributed by atoms with van der Waals surface area (Å²) in [5.41, 5.74) is 2.93. The molecule has 0 aromatic heterocycles. The summed E-state index contributed by atoms with van der Waals surface area (Å²) in [5.74, 6) is 0.824. The maximum atomic E-state index is 12.0. The molecule has 3 nitrogen and oxygen atoms in total. The van der Waals surface area contributed by atoms with Crippen molar-refractivity contribution >= 4 is 5.91 Å². The lowest BCUT2D eigenvalue weighted by Crippen LogP contribution is -2.49. The van der Waals surface area contributed by atoms with Crippen LogP contribution in [0.3, 0.4) is 0 Å². The van der Waals surface area contributed by atoms with Gasteiger partial charge in [-0.3, -0.25) is 9.69 Å². The first-order valence-electron chi connectivity index (χ1n) is 8.77. The molecule has 0 N–H and O–H groups in total. The zero-order chi connectivity index (χ0) is 16.6. The van der Waals surface area contributed by atoms with Crippen LogP contribution in [0.5, 0.6) is 0 Å². The Hall–Kier alpha value is -2.13. The normalized spacial score (nSPS) is 23.3. The summed E-state index contributed by atoms with van der Waals surface area (Å²) in [6.45, 7) is 3.39. The van der Waals surface area contributed by atoms with Crippen molar-refractivity contribution in [2.45, 2.75) is 11.8 Å². The molecule has 2 fully saturated rings. The molecule has 1 saturated carbocycles. The molecule has 0 bridgehead atoms. The first-order valence-corrected chi connectivity index (χ1v) is 8.77. The van der Waals surface area contributed by atoms with Gasteiger partial charge in [0, 0.05) is 32.1 Å². The average Bonchev–Trinajstić information content (AvgIpc) is 3.35. The van der Waals surface area contributed by atoms with E-state index < -0.39 is 0 Å². The molecule has 1 saturated heterocycles. The molecule has 1 atom stereocenters. The predicted octanol–water partition coefficient (Wildman–Crippen LogP) is 2.77. The summed E-state index contributed by atoms with van der Waals surface area (Å²) in [6.07, 6.45) is 1.17. The quantitative estimate of drug-likeness (QED) is 0.865. The number of likely N-dealkylation sites (N-methyl/N-ethyl adjacent to an activating group) is 1. The number of hydrogen-bond acceptors (Lipinski definition) is 2. The molecule has 24 heavy (non-hydrogen) atoms. The third kappa shape index (κ3) is 2.63. The van der Waals surface area contributed by atoms with Gasteiger partial charge in [0.25, 0.3) is 0 Å². The minimum absolute atomic E-state index is 0.120. The van der Waals surface area contributed by atoms with Crippen LogP contribution in [0.2, 0.25) is 0 Å². The highest BCUT2D eigenvalue weighted by Crippen LogP contribution is 2.59. The van der Waals surface area contributed by atoms with E-state index in [1.807, 2.05) is 11.9 Å². The Morgan fingerprint density at radius 3 is 2.08 bits per heavy atom. The largest absolute Gasteiger partial charge is 0.343 e. The molecule has 3 heteroatoms.